The molecule has 0 aliphatic heterocycles. The Hall–Kier alpha value is -2.45. The van der Waals surface area contributed by atoms with E-state index >= 15 is 0 Å². The van der Waals surface area contributed by atoms with Crippen LogP contribution in [0.4, 0.5) is 5.82 Å². The third-order valence-corrected chi connectivity index (χ3v) is 4.95. The molecular weight excluding hydrogens is 340 g/mol. The molecule has 0 aromatic carbocycles. The number of carbonyl (C=O) groups excluding carboxylic acids is 1. The molecule has 0 radical (unpaired) electrons. The van der Waals surface area contributed by atoms with Gasteiger partial charge in [0.2, 0.25) is 0 Å². The van der Waals surface area contributed by atoms with Crippen molar-refractivity contribution in [2.24, 2.45) is 0 Å². The van der Waals surface area contributed by atoms with Crippen LogP contribution in [0.5, 0.6) is 0 Å². The number of amides is 1. The molecule has 0 spiro atoms. The summed E-state index contributed by atoms with van der Waals surface area (Å²) in [6.07, 6.45) is 3.92. The summed E-state index contributed by atoms with van der Waals surface area (Å²) in [7, 11) is 1.65. The number of ether oxygens (including phenoxy) is 1. The molecule has 132 valence electrons. The van der Waals surface area contributed by atoms with Crippen molar-refractivity contribution in [1.82, 2.24) is 15.3 Å². The first-order chi connectivity index (χ1) is 12.2. The number of anilines is 1. The number of methoxy groups -OCH3 is 1. The highest BCUT2D eigenvalue weighted by molar-refractivity contribution is 7.20. The number of aryl methyl sites for hydroxylation is 1. The van der Waals surface area contributed by atoms with E-state index in [9.17, 15) is 4.79 Å². The first kappa shape index (κ1) is 17.4. The highest BCUT2D eigenvalue weighted by Gasteiger charge is 2.19. The molecule has 7 nitrogen and oxygen atoms in total. The van der Waals surface area contributed by atoms with Crippen LogP contribution in [-0.2, 0) is 11.3 Å². The van der Waals surface area contributed by atoms with Crippen molar-refractivity contribution in [2.75, 3.05) is 25.6 Å². The predicted octanol–water partition coefficient (Wildman–Crippen LogP) is 2.97. The van der Waals surface area contributed by atoms with Gasteiger partial charge in [-0.3, -0.25) is 4.79 Å². The van der Waals surface area contributed by atoms with Crippen molar-refractivity contribution >= 4 is 33.3 Å². The Labute approximate surface area is 149 Å². The number of nitrogens with one attached hydrogen (secondary N) is 2. The molecule has 3 rings (SSSR count). The Balaban J connectivity index is 1.78. The zero-order valence-corrected chi connectivity index (χ0v) is 15.0. The minimum Gasteiger partial charge on any atom is -0.467 e. The van der Waals surface area contributed by atoms with Crippen LogP contribution < -0.4 is 10.6 Å². The summed E-state index contributed by atoms with van der Waals surface area (Å²) in [5, 5.41) is 7.05. The molecule has 0 saturated carbocycles. The fourth-order valence-corrected chi connectivity index (χ4v) is 3.57. The smallest absolute Gasteiger partial charge is 0.261 e. The number of thiophene rings is 1. The van der Waals surface area contributed by atoms with E-state index in [1.807, 2.05) is 19.1 Å². The molecule has 1 amide bonds. The fourth-order valence-electron chi connectivity index (χ4n) is 2.50. The van der Waals surface area contributed by atoms with Crippen molar-refractivity contribution in [3.05, 3.63) is 40.9 Å². The maximum Gasteiger partial charge on any atom is 0.261 e. The molecule has 0 saturated heterocycles. The number of furan rings is 1. The average molecular weight is 360 g/mol. The summed E-state index contributed by atoms with van der Waals surface area (Å²) in [4.78, 5) is 22.5. The van der Waals surface area contributed by atoms with Gasteiger partial charge in [0.05, 0.1) is 23.1 Å². The molecule has 0 fully saturated rings. The van der Waals surface area contributed by atoms with Gasteiger partial charge >= 0.3 is 0 Å². The maximum absolute atomic E-state index is 12.4. The van der Waals surface area contributed by atoms with Crippen molar-refractivity contribution in [2.45, 2.75) is 19.9 Å². The Bertz CT molecular complexity index is 845. The number of aromatic nitrogens is 2. The van der Waals surface area contributed by atoms with E-state index in [4.69, 9.17) is 9.15 Å². The first-order valence-corrected chi connectivity index (χ1v) is 8.80. The van der Waals surface area contributed by atoms with E-state index in [0.717, 1.165) is 28.0 Å². The Morgan fingerprint density at radius 3 is 3.04 bits per heavy atom. The van der Waals surface area contributed by atoms with Crippen molar-refractivity contribution in [1.29, 1.82) is 0 Å². The predicted molar refractivity (Wildman–Crippen MR) is 97.0 cm³/mol. The molecule has 8 heteroatoms. The summed E-state index contributed by atoms with van der Waals surface area (Å²) >= 11 is 1.38. The highest BCUT2D eigenvalue weighted by Crippen LogP contribution is 2.33. The van der Waals surface area contributed by atoms with Crippen molar-refractivity contribution < 1.29 is 13.9 Å². The lowest BCUT2D eigenvalue weighted by Gasteiger charge is -2.06. The van der Waals surface area contributed by atoms with Crippen LogP contribution in [0.1, 0.15) is 27.4 Å². The molecule has 0 atom stereocenters. The van der Waals surface area contributed by atoms with Gasteiger partial charge in [-0.15, -0.1) is 11.3 Å². The van der Waals surface area contributed by atoms with Crippen LogP contribution >= 0.6 is 11.3 Å². The average Bonchev–Trinajstić information content (AvgIpc) is 3.25. The van der Waals surface area contributed by atoms with Crippen LogP contribution in [0, 0.1) is 6.92 Å². The topological polar surface area (TPSA) is 89.3 Å². The quantitative estimate of drug-likeness (QED) is 0.600. The SMILES string of the molecule is COCCCNC(=O)c1sc2ncnc(NCc3ccco3)c2c1C. The van der Waals surface area contributed by atoms with Gasteiger partial charge in [-0.1, -0.05) is 0 Å². The Morgan fingerprint density at radius 2 is 2.28 bits per heavy atom. The van der Waals surface area contributed by atoms with Crippen LogP contribution in [0.25, 0.3) is 10.2 Å². The molecular formula is C17H20N4O3S. The normalized spacial score (nSPS) is 11.0. The van der Waals surface area contributed by atoms with Gasteiger partial charge in [-0.2, -0.15) is 0 Å². The van der Waals surface area contributed by atoms with Crippen LogP contribution in [-0.4, -0.2) is 36.1 Å². The highest BCUT2D eigenvalue weighted by atomic mass is 32.1. The minimum absolute atomic E-state index is 0.0893. The van der Waals surface area contributed by atoms with Crippen molar-refractivity contribution in [3.63, 3.8) is 0 Å². The van der Waals surface area contributed by atoms with E-state index in [0.29, 0.717) is 30.4 Å². The van der Waals surface area contributed by atoms with Gasteiger partial charge in [-0.25, -0.2) is 9.97 Å². The minimum atomic E-state index is -0.0893. The lowest BCUT2D eigenvalue weighted by Crippen LogP contribution is -2.24. The molecule has 3 aromatic heterocycles. The summed E-state index contributed by atoms with van der Waals surface area (Å²) in [6.45, 7) is 3.64. The zero-order chi connectivity index (χ0) is 17.6. The standard InChI is InChI=1S/C17H20N4O3S/c1-11-13-15(19-9-12-5-3-8-24-12)20-10-21-17(13)25-14(11)16(22)18-6-4-7-23-2/h3,5,8,10H,4,6-7,9H2,1-2H3,(H,18,22)(H,19,20,21). The second kappa shape index (κ2) is 8.09. The van der Waals surface area contributed by atoms with Gasteiger partial charge in [0.15, 0.2) is 0 Å². The third kappa shape index (κ3) is 3.97. The number of hydrogen-bond acceptors (Lipinski definition) is 7. The first-order valence-electron chi connectivity index (χ1n) is 7.98. The Morgan fingerprint density at radius 1 is 1.40 bits per heavy atom. The van der Waals surface area contributed by atoms with E-state index in [2.05, 4.69) is 20.6 Å². The maximum atomic E-state index is 12.4. The summed E-state index contributed by atoms with van der Waals surface area (Å²) < 4.78 is 10.3. The second-order valence-electron chi connectivity index (χ2n) is 5.49. The largest absolute Gasteiger partial charge is 0.467 e. The van der Waals surface area contributed by atoms with Gasteiger partial charge in [0.25, 0.3) is 5.91 Å². The van der Waals surface area contributed by atoms with Gasteiger partial charge in [0, 0.05) is 20.3 Å². The number of hydrogen-bond donors (Lipinski definition) is 2. The molecule has 25 heavy (non-hydrogen) atoms. The van der Waals surface area contributed by atoms with Crippen LogP contribution in [0.15, 0.2) is 29.1 Å². The van der Waals surface area contributed by atoms with Gasteiger partial charge in [-0.05, 0) is 31.0 Å². The van der Waals surface area contributed by atoms with Gasteiger partial charge in [0.1, 0.15) is 22.7 Å². The fraction of sp³-hybridized carbons (Fsp3) is 0.353. The zero-order valence-electron chi connectivity index (χ0n) is 14.2. The molecule has 3 aromatic rings. The lowest BCUT2D eigenvalue weighted by molar-refractivity contribution is 0.0952. The molecule has 0 aliphatic carbocycles. The number of fused-ring (bicyclic) bond motifs is 1. The van der Waals surface area contributed by atoms with Gasteiger partial charge < -0.3 is 19.8 Å². The summed E-state index contributed by atoms with van der Waals surface area (Å²) in [6, 6.07) is 3.74. The van der Waals surface area contributed by atoms with E-state index in [1.54, 1.807) is 13.4 Å². The second-order valence-corrected chi connectivity index (χ2v) is 6.49. The van der Waals surface area contributed by atoms with E-state index < -0.39 is 0 Å². The third-order valence-electron chi connectivity index (χ3n) is 3.75. The summed E-state index contributed by atoms with van der Waals surface area (Å²) in [5.74, 6) is 1.43. The summed E-state index contributed by atoms with van der Waals surface area (Å²) in [5.41, 5.74) is 0.881. The molecule has 0 bridgehead atoms. The number of rotatable bonds is 8. The Kier molecular flexibility index (Phi) is 5.62. The van der Waals surface area contributed by atoms with Crippen LogP contribution in [0.2, 0.25) is 0 Å². The van der Waals surface area contributed by atoms with E-state index in [1.165, 1.54) is 17.7 Å². The van der Waals surface area contributed by atoms with Crippen LogP contribution in [0.3, 0.4) is 0 Å². The molecule has 0 aliphatic rings. The molecule has 2 N–H and O–H groups in total. The number of carbonyl (C=O) groups is 1. The monoisotopic (exact) mass is 360 g/mol. The van der Waals surface area contributed by atoms with E-state index in [-0.39, 0.29) is 5.91 Å². The molecule has 3 heterocycles. The van der Waals surface area contributed by atoms with Crippen molar-refractivity contribution in [3.8, 4) is 0 Å². The molecule has 0 unspecified atom stereocenters. The number of nitrogens with zero attached hydrogens (tertiary/aromatic N) is 2. The lowest BCUT2D eigenvalue weighted by atomic mass is 10.2.